The van der Waals surface area contributed by atoms with Crippen LogP contribution in [0, 0.1) is 11.3 Å². The molecule has 0 aromatic carbocycles. The Morgan fingerprint density at radius 1 is 1.50 bits per heavy atom. The number of hydrogen-bond donors (Lipinski definition) is 1. The predicted octanol–water partition coefficient (Wildman–Crippen LogP) is 2.25. The molecule has 0 spiro atoms. The van der Waals surface area contributed by atoms with Gasteiger partial charge in [0.05, 0.1) is 0 Å². The largest absolute Gasteiger partial charge is 0.462 e. The van der Waals surface area contributed by atoms with Crippen LogP contribution in [0.3, 0.4) is 0 Å². The lowest BCUT2D eigenvalue weighted by molar-refractivity contribution is -0.217. The molecule has 0 unspecified atom stereocenters. The third-order valence-electron chi connectivity index (χ3n) is 5.58. The highest BCUT2D eigenvalue weighted by Gasteiger charge is 2.60. The van der Waals surface area contributed by atoms with Gasteiger partial charge in [-0.15, -0.1) is 0 Å². The van der Waals surface area contributed by atoms with Crippen LogP contribution in [0.4, 0.5) is 0 Å². The highest BCUT2D eigenvalue weighted by Crippen LogP contribution is 2.59. The van der Waals surface area contributed by atoms with E-state index in [1.807, 2.05) is 6.92 Å². The molecule has 3 aliphatic rings. The lowest BCUT2D eigenvalue weighted by Gasteiger charge is -2.53. The van der Waals surface area contributed by atoms with Crippen molar-refractivity contribution >= 4 is 11.9 Å². The summed E-state index contributed by atoms with van der Waals surface area (Å²) in [5, 5.41) is 10.8. The summed E-state index contributed by atoms with van der Waals surface area (Å²) in [4.78, 5) is 23.3. The summed E-state index contributed by atoms with van der Waals surface area (Å²) in [6, 6.07) is 0. The van der Waals surface area contributed by atoms with E-state index in [1.54, 1.807) is 6.92 Å². The van der Waals surface area contributed by atoms with Gasteiger partial charge in [-0.2, -0.15) is 0 Å². The molecule has 0 radical (unpaired) electrons. The maximum atomic E-state index is 11.8. The van der Waals surface area contributed by atoms with Crippen LogP contribution in [-0.2, 0) is 19.1 Å². The second kappa shape index (κ2) is 4.69. The molecule has 0 saturated heterocycles. The molecule has 0 aromatic heterocycles. The van der Waals surface area contributed by atoms with Gasteiger partial charge < -0.3 is 14.6 Å². The quantitative estimate of drug-likeness (QED) is 0.594. The SMILES string of the molecule is C=C1CC[C@H](OC(C)=O)[C@]2(C)C[C@@]3(O)OC(=O)C(C)=C3C[C@@H]12. The van der Waals surface area contributed by atoms with E-state index in [4.69, 9.17) is 9.47 Å². The standard InChI is InChI=1S/C17H22O5/c1-9-5-6-14(21-11(3)18)16(4)8-17(20)13(7-12(9)16)10(2)15(19)22-17/h12,14,20H,1,5-8H2,2-4H3/t12-,14-,16+,17+/m0/s1. The Balaban J connectivity index is 2.02. The van der Waals surface area contributed by atoms with Crippen LogP contribution in [-0.4, -0.2) is 28.9 Å². The van der Waals surface area contributed by atoms with Crippen LogP contribution < -0.4 is 0 Å². The van der Waals surface area contributed by atoms with Crippen molar-refractivity contribution in [3.63, 3.8) is 0 Å². The molecular weight excluding hydrogens is 284 g/mol. The number of carbonyl (C=O) groups excluding carboxylic acids is 2. The Morgan fingerprint density at radius 3 is 2.82 bits per heavy atom. The van der Waals surface area contributed by atoms with Crippen LogP contribution >= 0.6 is 0 Å². The third-order valence-corrected chi connectivity index (χ3v) is 5.58. The molecule has 120 valence electrons. The molecule has 0 amide bonds. The lowest BCUT2D eigenvalue weighted by Crippen LogP contribution is -2.55. The molecule has 0 aromatic rings. The van der Waals surface area contributed by atoms with Crippen LogP contribution in [0.2, 0.25) is 0 Å². The summed E-state index contributed by atoms with van der Waals surface area (Å²) in [5.74, 6) is -2.28. The molecule has 5 nitrogen and oxygen atoms in total. The fourth-order valence-electron chi connectivity index (χ4n) is 4.40. The third kappa shape index (κ3) is 2.02. The zero-order valence-electron chi connectivity index (χ0n) is 13.3. The summed E-state index contributed by atoms with van der Waals surface area (Å²) in [6.45, 7) is 9.24. The average Bonchev–Trinajstić information content (AvgIpc) is 2.61. The first-order chi connectivity index (χ1) is 10.2. The molecule has 1 N–H and O–H groups in total. The van der Waals surface area contributed by atoms with E-state index in [0.29, 0.717) is 24.0 Å². The van der Waals surface area contributed by atoms with Gasteiger partial charge in [-0.3, -0.25) is 4.79 Å². The minimum Gasteiger partial charge on any atom is -0.462 e. The van der Waals surface area contributed by atoms with Crippen LogP contribution in [0.15, 0.2) is 23.3 Å². The molecule has 2 saturated carbocycles. The molecule has 22 heavy (non-hydrogen) atoms. The van der Waals surface area contributed by atoms with E-state index in [-0.39, 0.29) is 24.4 Å². The summed E-state index contributed by atoms with van der Waals surface area (Å²) in [5.41, 5.74) is 1.76. The Bertz CT molecular complexity index is 604. The van der Waals surface area contributed by atoms with Gasteiger partial charge in [0.1, 0.15) is 6.10 Å². The summed E-state index contributed by atoms with van der Waals surface area (Å²) in [7, 11) is 0. The first-order valence-electron chi connectivity index (χ1n) is 7.68. The average molecular weight is 306 g/mol. The zero-order chi connectivity index (χ0) is 16.3. The highest BCUT2D eigenvalue weighted by molar-refractivity contribution is 5.92. The smallest absolute Gasteiger partial charge is 0.336 e. The van der Waals surface area contributed by atoms with Crippen LogP contribution in [0.25, 0.3) is 0 Å². The monoisotopic (exact) mass is 306 g/mol. The molecular formula is C17H22O5. The first-order valence-corrected chi connectivity index (χ1v) is 7.68. The van der Waals surface area contributed by atoms with Crippen molar-refractivity contribution in [1.29, 1.82) is 0 Å². The topological polar surface area (TPSA) is 72.8 Å². The maximum Gasteiger partial charge on any atom is 0.336 e. The highest BCUT2D eigenvalue weighted by atomic mass is 16.7. The van der Waals surface area contributed by atoms with Crippen molar-refractivity contribution in [3.8, 4) is 0 Å². The van der Waals surface area contributed by atoms with Gasteiger partial charge in [-0.1, -0.05) is 19.1 Å². The van der Waals surface area contributed by atoms with E-state index in [1.165, 1.54) is 6.92 Å². The summed E-state index contributed by atoms with van der Waals surface area (Å²) >= 11 is 0. The minimum absolute atomic E-state index is 0.0744. The number of rotatable bonds is 1. The Kier molecular flexibility index (Phi) is 3.25. The predicted molar refractivity (Wildman–Crippen MR) is 78.5 cm³/mol. The second-order valence-corrected chi connectivity index (χ2v) is 7.01. The van der Waals surface area contributed by atoms with Gasteiger partial charge in [-0.05, 0) is 32.1 Å². The van der Waals surface area contributed by atoms with Crippen LogP contribution in [0.5, 0.6) is 0 Å². The van der Waals surface area contributed by atoms with E-state index in [0.717, 1.165) is 12.0 Å². The normalized spacial score (nSPS) is 40.9. The number of allylic oxidation sites excluding steroid dienone is 1. The molecule has 3 rings (SSSR count). The second-order valence-electron chi connectivity index (χ2n) is 7.01. The number of hydrogen-bond acceptors (Lipinski definition) is 5. The minimum atomic E-state index is -1.57. The Labute approximate surface area is 130 Å². The first kappa shape index (κ1) is 15.3. The van der Waals surface area contributed by atoms with E-state index in [9.17, 15) is 14.7 Å². The Hall–Kier alpha value is -1.62. The van der Waals surface area contributed by atoms with Gasteiger partial charge in [0, 0.05) is 29.9 Å². The van der Waals surface area contributed by atoms with E-state index >= 15 is 0 Å². The van der Waals surface area contributed by atoms with E-state index in [2.05, 4.69) is 6.58 Å². The number of esters is 2. The summed E-state index contributed by atoms with van der Waals surface area (Å²) < 4.78 is 10.8. The van der Waals surface area contributed by atoms with Gasteiger partial charge in [0.15, 0.2) is 0 Å². The van der Waals surface area contributed by atoms with Crippen molar-refractivity contribution in [3.05, 3.63) is 23.3 Å². The maximum absolute atomic E-state index is 11.8. The molecule has 1 heterocycles. The number of fused-ring (bicyclic) bond motifs is 2. The Morgan fingerprint density at radius 2 is 2.18 bits per heavy atom. The lowest BCUT2D eigenvalue weighted by atomic mass is 9.55. The number of carbonyl (C=O) groups is 2. The fourth-order valence-corrected chi connectivity index (χ4v) is 4.40. The number of aliphatic hydroxyl groups is 1. The van der Waals surface area contributed by atoms with Crippen molar-refractivity contribution in [2.45, 2.75) is 58.3 Å². The van der Waals surface area contributed by atoms with Crippen LogP contribution in [0.1, 0.15) is 46.5 Å². The van der Waals surface area contributed by atoms with Gasteiger partial charge in [0.2, 0.25) is 5.79 Å². The summed E-state index contributed by atoms with van der Waals surface area (Å²) in [6.07, 6.45) is 1.94. The molecule has 2 aliphatic carbocycles. The van der Waals surface area contributed by atoms with Crippen molar-refractivity contribution in [1.82, 2.24) is 0 Å². The zero-order valence-corrected chi connectivity index (χ0v) is 13.3. The van der Waals surface area contributed by atoms with E-state index < -0.39 is 17.2 Å². The van der Waals surface area contributed by atoms with Crippen molar-refractivity contribution in [2.24, 2.45) is 11.3 Å². The van der Waals surface area contributed by atoms with Crippen molar-refractivity contribution < 1.29 is 24.2 Å². The number of ether oxygens (including phenoxy) is 2. The van der Waals surface area contributed by atoms with Crippen molar-refractivity contribution in [2.75, 3.05) is 0 Å². The molecule has 2 fully saturated rings. The molecule has 4 atom stereocenters. The van der Waals surface area contributed by atoms with Gasteiger partial charge in [-0.25, -0.2) is 4.79 Å². The van der Waals surface area contributed by atoms with Gasteiger partial charge >= 0.3 is 11.9 Å². The molecule has 0 bridgehead atoms. The molecule has 5 heteroatoms. The molecule has 1 aliphatic heterocycles. The van der Waals surface area contributed by atoms with Gasteiger partial charge in [0.25, 0.3) is 0 Å². The fraction of sp³-hybridized carbons (Fsp3) is 0.647.